The molecule has 0 N–H and O–H groups in total. The Morgan fingerprint density at radius 2 is 1.56 bits per heavy atom. The highest BCUT2D eigenvalue weighted by Crippen LogP contribution is 2.21. The van der Waals surface area contributed by atoms with Crippen LogP contribution in [0.15, 0.2) is 54.6 Å². The molecular weight excluding hydrogens is 240 g/mol. The van der Waals surface area contributed by atoms with Gasteiger partial charge in [0.15, 0.2) is 0 Å². The predicted molar refractivity (Wildman–Crippen MR) is 79.0 cm³/mol. The first-order valence-electron chi connectivity index (χ1n) is 6.14. The summed E-state index contributed by atoms with van der Waals surface area (Å²) < 4.78 is 0. The van der Waals surface area contributed by atoms with Gasteiger partial charge in [0.2, 0.25) is 5.12 Å². The van der Waals surface area contributed by atoms with Crippen molar-refractivity contribution in [3.05, 3.63) is 60.2 Å². The smallest absolute Gasteiger partial charge is 0.219 e. The number of hydrogen-bond acceptors (Lipinski definition) is 2. The average Bonchev–Trinajstić information content (AvgIpc) is 2.46. The number of thioether (sulfide) groups is 1. The monoisotopic (exact) mass is 256 g/mol. The third-order valence-electron chi connectivity index (χ3n) is 2.67. The maximum absolute atomic E-state index is 11.8. The maximum Gasteiger partial charge on any atom is 0.219 e. The molecule has 1 nitrogen and oxygen atoms in total. The number of rotatable bonds is 4. The van der Waals surface area contributed by atoms with Gasteiger partial charge in [0.1, 0.15) is 0 Å². The fraction of sp³-hybridized carbons (Fsp3) is 0.188. The minimum atomic E-state index is 0.163. The van der Waals surface area contributed by atoms with Crippen LogP contribution >= 0.6 is 11.8 Å². The molecule has 0 aromatic heterocycles. The fourth-order valence-corrected chi connectivity index (χ4v) is 2.40. The van der Waals surface area contributed by atoms with E-state index in [1.165, 1.54) is 17.3 Å². The lowest BCUT2D eigenvalue weighted by atomic mass is 10.0. The van der Waals surface area contributed by atoms with Crippen molar-refractivity contribution in [1.82, 2.24) is 0 Å². The van der Waals surface area contributed by atoms with Gasteiger partial charge in [-0.05, 0) is 29.7 Å². The molecule has 0 saturated carbocycles. The van der Waals surface area contributed by atoms with Crippen LogP contribution in [0.25, 0.3) is 11.1 Å². The minimum absolute atomic E-state index is 0.163. The van der Waals surface area contributed by atoms with Crippen molar-refractivity contribution in [2.24, 2.45) is 0 Å². The molecule has 0 aliphatic rings. The van der Waals surface area contributed by atoms with E-state index in [9.17, 15) is 4.79 Å². The van der Waals surface area contributed by atoms with Gasteiger partial charge in [0, 0.05) is 11.3 Å². The lowest BCUT2D eigenvalue weighted by Crippen LogP contribution is -1.94. The van der Waals surface area contributed by atoms with Crippen LogP contribution in [0.3, 0.4) is 0 Å². The van der Waals surface area contributed by atoms with Gasteiger partial charge >= 0.3 is 0 Å². The predicted octanol–water partition coefficient (Wildman–Crippen LogP) is 4.64. The van der Waals surface area contributed by atoms with Crippen molar-refractivity contribution >= 4 is 16.9 Å². The van der Waals surface area contributed by atoms with Crippen LogP contribution in [0, 0.1) is 0 Å². The Kier molecular flexibility index (Phi) is 4.59. The summed E-state index contributed by atoms with van der Waals surface area (Å²) in [4.78, 5) is 11.8. The summed E-state index contributed by atoms with van der Waals surface area (Å²) in [6, 6.07) is 18.0. The Labute approximate surface area is 112 Å². The van der Waals surface area contributed by atoms with Crippen molar-refractivity contribution in [2.45, 2.75) is 13.3 Å². The van der Waals surface area contributed by atoms with Crippen molar-refractivity contribution in [1.29, 1.82) is 0 Å². The van der Waals surface area contributed by atoms with Crippen LogP contribution < -0.4 is 0 Å². The van der Waals surface area contributed by atoms with Crippen LogP contribution in [-0.2, 0) is 0 Å². The van der Waals surface area contributed by atoms with E-state index in [1.54, 1.807) is 0 Å². The Hall–Kier alpha value is -1.54. The summed E-state index contributed by atoms with van der Waals surface area (Å²) in [5.41, 5.74) is 3.11. The Morgan fingerprint density at radius 1 is 0.944 bits per heavy atom. The molecule has 92 valence electrons. The molecule has 0 amide bonds. The van der Waals surface area contributed by atoms with E-state index in [0.717, 1.165) is 23.3 Å². The van der Waals surface area contributed by atoms with Gasteiger partial charge in [0.05, 0.1) is 0 Å². The quantitative estimate of drug-likeness (QED) is 0.793. The summed E-state index contributed by atoms with van der Waals surface area (Å²) >= 11 is 1.39. The van der Waals surface area contributed by atoms with Gasteiger partial charge < -0.3 is 0 Å². The van der Waals surface area contributed by atoms with Crippen molar-refractivity contribution in [3.8, 4) is 11.1 Å². The first kappa shape index (κ1) is 12.9. The minimum Gasteiger partial charge on any atom is -0.282 e. The van der Waals surface area contributed by atoms with Crippen LogP contribution in [0.4, 0.5) is 0 Å². The molecule has 2 rings (SSSR count). The summed E-state index contributed by atoms with van der Waals surface area (Å²) in [5.74, 6) is 0.888. The number of hydrogen-bond donors (Lipinski definition) is 0. The molecule has 18 heavy (non-hydrogen) atoms. The molecule has 0 radical (unpaired) electrons. The van der Waals surface area contributed by atoms with Crippen LogP contribution in [0.2, 0.25) is 0 Å². The Morgan fingerprint density at radius 3 is 2.17 bits per heavy atom. The van der Waals surface area contributed by atoms with E-state index < -0.39 is 0 Å². The molecule has 2 aromatic carbocycles. The standard InChI is InChI=1S/C16H16OS/c1-2-12-18-16(17)15-10-8-14(9-11-15)13-6-4-3-5-7-13/h3-11H,2,12H2,1H3. The molecule has 2 aromatic rings. The number of carbonyl (C=O) groups excluding carboxylic acids is 1. The molecule has 0 spiro atoms. The zero-order chi connectivity index (χ0) is 12.8. The molecule has 0 fully saturated rings. The second-order valence-corrected chi connectivity index (χ2v) is 5.15. The molecule has 0 atom stereocenters. The summed E-state index contributed by atoms with van der Waals surface area (Å²) in [7, 11) is 0. The van der Waals surface area contributed by atoms with Gasteiger partial charge in [-0.1, -0.05) is 61.2 Å². The number of benzene rings is 2. The first-order valence-corrected chi connectivity index (χ1v) is 7.12. The van der Waals surface area contributed by atoms with E-state index in [4.69, 9.17) is 0 Å². The largest absolute Gasteiger partial charge is 0.282 e. The normalized spacial score (nSPS) is 10.3. The summed E-state index contributed by atoms with van der Waals surface area (Å²) in [6.45, 7) is 2.08. The second kappa shape index (κ2) is 6.41. The topological polar surface area (TPSA) is 17.1 Å². The van der Waals surface area contributed by atoms with E-state index in [1.807, 2.05) is 42.5 Å². The third kappa shape index (κ3) is 3.23. The van der Waals surface area contributed by atoms with Crippen molar-refractivity contribution in [2.75, 3.05) is 5.75 Å². The summed E-state index contributed by atoms with van der Waals surface area (Å²) in [5, 5.41) is 0.163. The van der Waals surface area contributed by atoms with Crippen molar-refractivity contribution in [3.63, 3.8) is 0 Å². The zero-order valence-electron chi connectivity index (χ0n) is 10.4. The highest BCUT2D eigenvalue weighted by molar-refractivity contribution is 8.14. The Balaban J connectivity index is 2.13. The average molecular weight is 256 g/mol. The highest BCUT2D eigenvalue weighted by atomic mass is 32.2. The van der Waals surface area contributed by atoms with E-state index in [2.05, 4.69) is 19.1 Å². The van der Waals surface area contributed by atoms with E-state index in [0.29, 0.717) is 0 Å². The van der Waals surface area contributed by atoms with Gasteiger partial charge in [-0.2, -0.15) is 0 Å². The third-order valence-corrected chi connectivity index (χ3v) is 3.78. The molecule has 0 aliphatic carbocycles. The SMILES string of the molecule is CCCSC(=O)c1ccc(-c2ccccc2)cc1. The molecular formula is C16H16OS. The van der Waals surface area contributed by atoms with Gasteiger partial charge in [-0.3, -0.25) is 4.79 Å². The molecule has 0 heterocycles. The van der Waals surface area contributed by atoms with Crippen LogP contribution in [0.1, 0.15) is 23.7 Å². The van der Waals surface area contributed by atoms with Crippen molar-refractivity contribution < 1.29 is 4.79 Å². The lowest BCUT2D eigenvalue weighted by molar-refractivity contribution is 0.108. The van der Waals surface area contributed by atoms with Crippen LogP contribution in [0.5, 0.6) is 0 Å². The maximum atomic E-state index is 11.8. The van der Waals surface area contributed by atoms with Gasteiger partial charge in [0.25, 0.3) is 0 Å². The van der Waals surface area contributed by atoms with Crippen LogP contribution in [-0.4, -0.2) is 10.9 Å². The van der Waals surface area contributed by atoms with Gasteiger partial charge in [-0.15, -0.1) is 0 Å². The van der Waals surface area contributed by atoms with E-state index in [-0.39, 0.29) is 5.12 Å². The molecule has 0 saturated heterocycles. The van der Waals surface area contributed by atoms with Gasteiger partial charge in [-0.25, -0.2) is 0 Å². The molecule has 0 aliphatic heterocycles. The number of carbonyl (C=O) groups is 1. The Bertz CT molecular complexity index is 502. The lowest BCUT2D eigenvalue weighted by Gasteiger charge is -2.03. The molecule has 0 bridgehead atoms. The fourth-order valence-electron chi connectivity index (χ4n) is 1.71. The molecule has 0 unspecified atom stereocenters. The summed E-state index contributed by atoms with van der Waals surface area (Å²) in [6.07, 6.45) is 1.03. The van der Waals surface area contributed by atoms with E-state index >= 15 is 0 Å². The molecule has 2 heteroatoms. The second-order valence-electron chi connectivity index (χ2n) is 4.08. The zero-order valence-corrected chi connectivity index (χ0v) is 11.2. The highest BCUT2D eigenvalue weighted by Gasteiger charge is 2.05. The first-order chi connectivity index (χ1) is 8.81.